The first-order valence-electron chi connectivity index (χ1n) is 5.68. The van der Waals surface area contributed by atoms with Crippen molar-refractivity contribution in [2.24, 2.45) is 11.5 Å². The molecule has 4 nitrogen and oxygen atoms in total. The van der Waals surface area contributed by atoms with E-state index in [1.165, 1.54) is 0 Å². The number of benzene rings is 1. The molecule has 1 atom stereocenters. The lowest BCUT2D eigenvalue weighted by Gasteiger charge is -2.32. The molecule has 1 aliphatic heterocycles. The fourth-order valence-corrected chi connectivity index (χ4v) is 2.71. The monoisotopic (exact) mass is 297 g/mol. The molecule has 4 N–H and O–H groups in total. The van der Waals surface area contributed by atoms with Gasteiger partial charge >= 0.3 is 0 Å². The molecular weight excluding hydrogens is 282 g/mol. The van der Waals surface area contributed by atoms with Gasteiger partial charge in [0.2, 0.25) is 5.91 Å². The van der Waals surface area contributed by atoms with E-state index in [1.807, 2.05) is 12.1 Å². The topological polar surface area (TPSA) is 72.4 Å². The van der Waals surface area contributed by atoms with Crippen LogP contribution in [0.25, 0.3) is 0 Å². The van der Waals surface area contributed by atoms with E-state index in [1.54, 1.807) is 6.07 Å². The normalized spacial score (nSPS) is 20.4. The standard InChI is InChI=1S/C12H16BrN3O/c13-11-6-9(3-4-10(11)12(15)17)16-5-1-2-8(14)7-16/h3-4,6,8H,1-2,5,7,14H2,(H2,15,17). The number of rotatable bonds is 2. The van der Waals surface area contributed by atoms with Crippen molar-refractivity contribution in [2.75, 3.05) is 18.0 Å². The van der Waals surface area contributed by atoms with E-state index in [9.17, 15) is 4.79 Å². The molecule has 1 saturated heterocycles. The van der Waals surface area contributed by atoms with Crippen molar-refractivity contribution in [1.29, 1.82) is 0 Å². The fraction of sp³-hybridized carbons (Fsp3) is 0.417. The molecular formula is C12H16BrN3O. The van der Waals surface area contributed by atoms with E-state index >= 15 is 0 Å². The maximum Gasteiger partial charge on any atom is 0.249 e. The van der Waals surface area contributed by atoms with E-state index < -0.39 is 5.91 Å². The Labute approximate surface area is 109 Å². The van der Waals surface area contributed by atoms with Crippen molar-refractivity contribution in [1.82, 2.24) is 0 Å². The molecule has 0 radical (unpaired) electrons. The number of carbonyl (C=O) groups is 1. The van der Waals surface area contributed by atoms with Gasteiger partial charge in [-0.15, -0.1) is 0 Å². The highest BCUT2D eigenvalue weighted by Gasteiger charge is 2.18. The largest absolute Gasteiger partial charge is 0.370 e. The van der Waals surface area contributed by atoms with E-state index in [4.69, 9.17) is 11.5 Å². The fourth-order valence-electron chi connectivity index (χ4n) is 2.15. The number of nitrogens with zero attached hydrogens (tertiary/aromatic N) is 1. The Hall–Kier alpha value is -1.07. The van der Waals surface area contributed by atoms with E-state index in [-0.39, 0.29) is 6.04 Å². The Morgan fingerprint density at radius 3 is 2.82 bits per heavy atom. The molecule has 0 saturated carbocycles. The molecule has 1 unspecified atom stereocenters. The van der Waals surface area contributed by atoms with Crippen LogP contribution in [0.2, 0.25) is 0 Å². The molecule has 1 fully saturated rings. The number of hydrogen-bond donors (Lipinski definition) is 2. The zero-order valence-electron chi connectivity index (χ0n) is 9.53. The van der Waals surface area contributed by atoms with Gasteiger partial charge in [-0.25, -0.2) is 0 Å². The van der Waals surface area contributed by atoms with Gasteiger partial charge in [0.05, 0.1) is 5.56 Å². The number of halogens is 1. The van der Waals surface area contributed by atoms with E-state index in [0.29, 0.717) is 5.56 Å². The van der Waals surface area contributed by atoms with Crippen LogP contribution in [0.5, 0.6) is 0 Å². The summed E-state index contributed by atoms with van der Waals surface area (Å²) in [5.74, 6) is -0.418. The van der Waals surface area contributed by atoms with Crippen LogP contribution in [-0.2, 0) is 0 Å². The first kappa shape index (κ1) is 12.4. The first-order chi connectivity index (χ1) is 8.08. The zero-order valence-corrected chi connectivity index (χ0v) is 11.1. The van der Waals surface area contributed by atoms with E-state index in [2.05, 4.69) is 20.8 Å². The summed E-state index contributed by atoms with van der Waals surface area (Å²) in [7, 11) is 0. The van der Waals surface area contributed by atoms with Crippen molar-refractivity contribution in [3.8, 4) is 0 Å². The molecule has 0 aliphatic carbocycles. The third-order valence-corrected chi connectivity index (χ3v) is 3.70. The second kappa shape index (κ2) is 5.06. The van der Waals surface area contributed by atoms with Crippen LogP contribution in [0.3, 0.4) is 0 Å². The molecule has 1 aromatic rings. The SMILES string of the molecule is NC(=O)c1ccc(N2CCCC(N)C2)cc1Br. The van der Waals surface area contributed by atoms with Crippen LogP contribution in [0.15, 0.2) is 22.7 Å². The lowest BCUT2D eigenvalue weighted by molar-refractivity contribution is 0.0999. The molecule has 0 aromatic heterocycles. The van der Waals surface area contributed by atoms with Crippen LogP contribution in [0, 0.1) is 0 Å². The zero-order chi connectivity index (χ0) is 12.4. The highest BCUT2D eigenvalue weighted by Crippen LogP contribution is 2.26. The molecule has 1 amide bonds. The Morgan fingerprint density at radius 1 is 1.47 bits per heavy atom. The number of primary amides is 1. The molecule has 2 rings (SSSR count). The van der Waals surface area contributed by atoms with Crippen molar-refractivity contribution in [3.05, 3.63) is 28.2 Å². The number of anilines is 1. The quantitative estimate of drug-likeness (QED) is 0.868. The van der Waals surface area contributed by atoms with Crippen LogP contribution < -0.4 is 16.4 Å². The van der Waals surface area contributed by atoms with E-state index in [0.717, 1.165) is 36.1 Å². The average molecular weight is 298 g/mol. The van der Waals surface area contributed by atoms with Crippen LogP contribution in [0.4, 0.5) is 5.69 Å². The van der Waals surface area contributed by atoms with Gasteiger partial charge in [-0.3, -0.25) is 4.79 Å². The molecule has 1 aliphatic rings. The van der Waals surface area contributed by atoms with Crippen molar-refractivity contribution in [3.63, 3.8) is 0 Å². The van der Waals surface area contributed by atoms with Gasteiger partial charge in [0.1, 0.15) is 0 Å². The minimum atomic E-state index is -0.418. The van der Waals surface area contributed by atoms with Crippen molar-refractivity contribution < 1.29 is 4.79 Å². The third kappa shape index (κ3) is 2.79. The minimum Gasteiger partial charge on any atom is -0.370 e. The van der Waals surface area contributed by atoms with Gasteiger partial charge in [-0.05, 0) is 47.0 Å². The second-order valence-corrected chi connectivity index (χ2v) is 5.23. The highest BCUT2D eigenvalue weighted by atomic mass is 79.9. The summed E-state index contributed by atoms with van der Waals surface area (Å²) < 4.78 is 0.738. The Bertz CT molecular complexity index is 436. The maximum absolute atomic E-state index is 11.1. The summed E-state index contributed by atoms with van der Waals surface area (Å²) in [4.78, 5) is 13.4. The van der Waals surface area contributed by atoms with Crippen LogP contribution >= 0.6 is 15.9 Å². The average Bonchev–Trinajstić information content (AvgIpc) is 2.28. The van der Waals surface area contributed by atoms with Gasteiger partial charge in [0.15, 0.2) is 0 Å². The van der Waals surface area contributed by atoms with Crippen molar-refractivity contribution in [2.45, 2.75) is 18.9 Å². The van der Waals surface area contributed by atoms with Crippen LogP contribution in [0.1, 0.15) is 23.2 Å². The van der Waals surface area contributed by atoms with Gasteiger partial charge in [-0.2, -0.15) is 0 Å². The van der Waals surface area contributed by atoms with Gasteiger partial charge < -0.3 is 16.4 Å². The second-order valence-electron chi connectivity index (χ2n) is 4.38. The Morgan fingerprint density at radius 2 is 2.24 bits per heavy atom. The van der Waals surface area contributed by atoms with Crippen LogP contribution in [-0.4, -0.2) is 25.0 Å². The summed E-state index contributed by atoms with van der Waals surface area (Å²) in [5.41, 5.74) is 12.8. The molecule has 0 spiro atoms. The molecule has 92 valence electrons. The number of carbonyl (C=O) groups excluding carboxylic acids is 1. The number of hydrogen-bond acceptors (Lipinski definition) is 3. The number of nitrogens with two attached hydrogens (primary N) is 2. The predicted octanol–water partition coefficient (Wildman–Crippen LogP) is 1.48. The molecule has 1 aromatic carbocycles. The first-order valence-corrected chi connectivity index (χ1v) is 6.47. The van der Waals surface area contributed by atoms with Gasteiger partial charge in [0, 0.05) is 29.3 Å². The maximum atomic E-state index is 11.1. The summed E-state index contributed by atoms with van der Waals surface area (Å²) in [6.07, 6.45) is 2.19. The third-order valence-electron chi connectivity index (χ3n) is 3.04. The minimum absolute atomic E-state index is 0.235. The Kier molecular flexibility index (Phi) is 3.69. The predicted molar refractivity (Wildman–Crippen MR) is 72.1 cm³/mol. The smallest absolute Gasteiger partial charge is 0.249 e. The Balaban J connectivity index is 2.22. The summed E-state index contributed by atoms with van der Waals surface area (Å²) >= 11 is 3.37. The van der Waals surface area contributed by atoms with Crippen molar-refractivity contribution >= 4 is 27.5 Å². The molecule has 0 bridgehead atoms. The lowest BCUT2D eigenvalue weighted by Crippen LogP contribution is -2.42. The summed E-state index contributed by atoms with van der Waals surface area (Å²) in [6, 6.07) is 5.83. The molecule has 1 heterocycles. The van der Waals surface area contributed by atoms with Gasteiger partial charge in [0.25, 0.3) is 0 Å². The highest BCUT2D eigenvalue weighted by molar-refractivity contribution is 9.10. The molecule has 17 heavy (non-hydrogen) atoms. The number of piperidine rings is 1. The molecule has 5 heteroatoms. The number of amides is 1. The van der Waals surface area contributed by atoms with Gasteiger partial charge in [-0.1, -0.05) is 0 Å². The lowest BCUT2D eigenvalue weighted by atomic mass is 10.1. The summed E-state index contributed by atoms with van der Waals surface area (Å²) in [5, 5.41) is 0. The summed E-state index contributed by atoms with van der Waals surface area (Å²) in [6.45, 7) is 1.87.